The Morgan fingerprint density at radius 2 is 1.07 bits per heavy atom. The van der Waals surface area contributed by atoms with Crippen LogP contribution < -0.4 is 10.6 Å². The van der Waals surface area contributed by atoms with Gasteiger partial charge in [-0.3, -0.25) is 4.79 Å². The lowest BCUT2D eigenvalue weighted by Gasteiger charge is -2.09. The van der Waals surface area contributed by atoms with E-state index in [1.54, 1.807) is 38.1 Å². The van der Waals surface area contributed by atoms with Crippen LogP contribution in [0.5, 0.6) is 0 Å². The van der Waals surface area contributed by atoms with Crippen LogP contribution >= 0.6 is 0 Å². The number of nitrogens with one attached hydrogen (secondary N) is 2. The normalized spacial score (nSPS) is 12.0. The first kappa shape index (κ1) is 45.6. The predicted molar refractivity (Wildman–Crippen MR) is 201 cm³/mol. The zero-order valence-corrected chi connectivity index (χ0v) is 31.2. The Morgan fingerprint density at radius 3 is 1.44 bits per heavy atom. The first-order chi connectivity index (χ1) is 27.6. The number of ether oxygens (including phenoxy) is 1. The number of anilines is 2. The summed E-state index contributed by atoms with van der Waals surface area (Å²) in [6.07, 6.45) is 5.00. The third-order valence-corrected chi connectivity index (χ3v) is 8.52. The molecule has 1 amide bonds. The minimum Gasteiger partial charge on any atom is -0.381 e. The molecule has 1 aliphatic heterocycles. The highest BCUT2D eigenvalue weighted by Crippen LogP contribution is 2.28. The monoisotopic (exact) mass is 831 g/mol. The summed E-state index contributed by atoms with van der Waals surface area (Å²) in [5.41, 5.74) is 2.73. The highest BCUT2D eigenvalue weighted by Gasteiger charge is 2.20. The number of carbonyl (C=O) groups is 1. The molecule has 2 aromatic heterocycles. The lowest BCUT2D eigenvalue weighted by Crippen LogP contribution is -2.16. The second-order valence-corrected chi connectivity index (χ2v) is 12.6. The number of aryl methyl sites for hydroxylation is 2. The quantitative estimate of drug-likeness (QED) is 0.112. The Labute approximate surface area is 333 Å². The number of benzene rings is 4. The minimum atomic E-state index is -2.77. The molecule has 19 heteroatoms. The number of hydrogen-bond donors (Lipinski definition) is 2. The van der Waals surface area contributed by atoms with E-state index < -0.39 is 59.5 Å². The van der Waals surface area contributed by atoms with E-state index in [2.05, 4.69) is 20.8 Å². The maximum atomic E-state index is 13.7. The Balaban J connectivity index is 0.000000229. The molecule has 1 saturated heterocycles. The van der Waals surface area contributed by atoms with Gasteiger partial charge in [0.15, 0.2) is 0 Å². The summed E-state index contributed by atoms with van der Waals surface area (Å²) in [6, 6.07) is 14.6. The van der Waals surface area contributed by atoms with Gasteiger partial charge in [-0.1, -0.05) is 24.3 Å². The summed E-state index contributed by atoms with van der Waals surface area (Å²) < 4.78 is 137. The van der Waals surface area contributed by atoms with Crippen molar-refractivity contribution in [1.82, 2.24) is 19.6 Å². The number of nitrogens with zero attached hydrogens (tertiary/aromatic N) is 4. The van der Waals surface area contributed by atoms with Gasteiger partial charge in [-0.15, -0.1) is 0 Å². The van der Waals surface area contributed by atoms with E-state index in [1.165, 1.54) is 49.5 Å². The lowest BCUT2D eigenvalue weighted by atomic mass is 10.1. The molecular weight excluding hydrogens is 797 g/mol. The van der Waals surface area contributed by atoms with Crippen LogP contribution in [0.15, 0.2) is 85.2 Å². The van der Waals surface area contributed by atoms with Gasteiger partial charge in [-0.05, 0) is 62.1 Å². The number of alkyl halides is 4. The summed E-state index contributed by atoms with van der Waals surface area (Å²) >= 11 is 0. The summed E-state index contributed by atoms with van der Waals surface area (Å²) in [5.74, 6) is -7.78. The first-order valence-electron chi connectivity index (χ1n) is 17.4. The maximum absolute atomic E-state index is 13.7. The van der Waals surface area contributed by atoms with Gasteiger partial charge in [-0.2, -0.15) is 27.8 Å². The van der Waals surface area contributed by atoms with Crippen LogP contribution in [0.1, 0.15) is 53.2 Å². The molecule has 6 aromatic rings. The topological polar surface area (TPSA) is 86.0 Å². The van der Waals surface area contributed by atoms with Crippen molar-refractivity contribution in [1.29, 1.82) is 0 Å². The molecular formula is C40H34BF10N6O2. The van der Waals surface area contributed by atoms with E-state index in [1.807, 2.05) is 0 Å². The summed E-state index contributed by atoms with van der Waals surface area (Å²) in [4.78, 5) is 12.0. The fourth-order valence-electron chi connectivity index (χ4n) is 5.63. The van der Waals surface area contributed by atoms with Crippen LogP contribution in [0.3, 0.4) is 0 Å². The number of carbonyl (C=O) groups excluding carboxylic acids is 1. The van der Waals surface area contributed by atoms with Crippen LogP contribution in [0.2, 0.25) is 0 Å². The molecule has 0 spiro atoms. The van der Waals surface area contributed by atoms with Crippen molar-refractivity contribution in [2.75, 3.05) is 23.8 Å². The average Bonchev–Trinajstić information content (AvgIpc) is 3.95. The average molecular weight is 832 g/mol. The second kappa shape index (κ2) is 20.5. The zero-order valence-electron chi connectivity index (χ0n) is 31.2. The number of aromatic nitrogens is 4. The molecule has 0 atom stereocenters. The van der Waals surface area contributed by atoms with E-state index in [0.29, 0.717) is 73.0 Å². The Hall–Kier alpha value is -6.11. The molecule has 309 valence electrons. The van der Waals surface area contributed by atoms with Gasteiger partial charge >= 0.3 is 13.1 Å². The molecule has 2 N–H and O–H groups in total. The molecule has 0 aliphatic carbocycles. The molecule has 0 bridgehead atoms. The van der Waals surface area contributed by atoms with Crippen LogP contribution in [0, 0.1) is 48.8 Å². The Bertz CT molecular complexity index is 2280. The van der Waals surface area contributed by atoms with Crippen molar-refractivity contribution in [2.24, 2.45) is 0 Å². The first-order valence-corrected chi connectivity index (χ1v) is 17.4. The van der Waals surface area contributed by atoms with Gasteiger partial charge in [0.05, 0.1) is 11.4 Å². The molecule has 7 rings (SSSR count). The molecule has 3 heterocycles. The van der Waals surface area contributed by atoms with Crippen LogP contribution in [0.25, 0.3) is 22.3 Å². The van der Waals surface area contributed by atoms with E-state index in [-0.39, 0.29) is 26.2 Å². The largest absolute Gasteiger partial charge is 0.381 e. The fraction of sp³-hybridized carbons (Fsp3) is 0.225. The standard InChI is InChI=1S/C18H12F5N3O.C18H14F5N3.C4H8O.B/c1-9-13(8-26(25-9)18(22)23)10-2-4-12(5-3-10)24-17(27)16-14(20)6-11(19)7-15(16)21;1-10-15(9-26(25-10)18(22)23)11-2-4-13(5-3-11)24-8-14-16(20)6-12(19)7-17(14)21;1-2-4-5-3-1;/h2-8,18H,1H3,(H,24,27);2-7,9,18,24H,8H2,1H3;1-4H2;. The highest BCUT2D eigenvalue weighted by atomic mass is 19.3. The molecule has 3 radical (unpaired) electrons. The Kier molecular flexibility index (Phi) is 15.9. The smallest absolute Gasteiger partial charge is 0.333 e. The van der Waals surface area contributed by atoms with Crippen LogP contribution in [-0.4, -0.2) is 47.1 Å². The van der Waals surface area contributed by atoms with Crippen LogP contribution in [0.4, 0.5) is 55.3 Å². The van der Waals surface area contributed by atoms with Crippen molar-refractivity contribution >= 4 is 25.7 Å². The number of amides is 1. The van der Waals surface area contributed by atoms with Crippen molar-refractivity contribution in [2.45, 2.75) is 46.3 Å². The summed E-state index contributed by atoms with van der Waals surface area (Å²) in [7, 11) is 0. The SMILES string of the molecule is C1CCOC1.Cc1nn(C(F)F)cc1-c1ccc(NC(=O)c2c(F)cc(F)cc2F)cc1.Cc1nn(C(F)F)cc1-c1ccc(NCc2c(F)cc(F)cc2F)cc1.[B]. The van der Waals surface area contributed by atoms with Gasteiger partial charge in [0, 0.05) is 92.9 Å². The van der Waals surface area contributed by atoms with E-state index in [9.17, 15) is 48.7 Å². The number of hydrogen-bond acceptors (Lipinski definition) is 5. The molecule has 0 saturated carbocycles. The number of halogens is 10. The van der Waals surface area contributed by atoms with Crippen molar-refractivity contribution in [3.8, 4) is 22.3 Å². The van der Waals surface area contributed by atoms with Gasteiger partial charge < -0.3 is 15.4 Å². The Morgan fingerprint density at radius 1 is 0.661 bits per heavy atom. The van der Waals surface area contributed by atoms with Gasteiger partial charge in [-0.25, -0.2) is 35.7 Å². The van der Waals surface area contributed by atoms with Gasteiger partial charge in [0.25, 0.3) is 5.91 Å². The number of rotatable bonds is 9. The van der Waals surface area contributed by atoms with E-state index in [0.717, 1.165) is 13.2 Å². The second-order valence-electron chi connectivity index (χ2n) is 12.6. The van der Waals surface area contributed by atoms with Gasteiger partial charge in [0.2, 0.25) is 0 Å². The van der Waals surface area contributed by atoms with Crippen molar-refractivity contribution in [3.63, 3.8) is 0 Å². The maximum Gasteiger partial charge on any atom is 0.333 e. The lowest BCUT2D eigenvalue weighted by molar-refractivity contribution is 0.0559. The minimum absolute atomic E-state index is 0. The molecule has 4 aromatic carbocycles. The highest BCUT2D eigenvalue weighted by molar-refractivity contribution is 6.04. The summed E-state index contributed by atoms with van der Waals surface area (Å²) in [5, 5.41) is 12.6. The van der Waals surface area contributed by atoms with Crippen LogP contribution in [-0.2, 0) is 11.3 Å². The molecule has 0 unspecified atom stereocenters. The van der Waals surface area contributed by atoms with Crippen molar-refractivity contribution in [3.05, 3.63) is 143 Å². The molecule has 1 fully saturated rings. The predicted octanol–water partition coefficient (Wildman–Crippen LogP) is 10.6. The zero-order chi connectivity index (χ0) is 42.1. The van der Waals surface area contributed by atoms with Gasteiger partial charge in [0.1, 0.15) is 40.5 Å². The summed E-state index contributed by atoms with van der Waals surface area (Å²) in [6.45, 7) is -0.454. The van der Waals surface area contributed by atoms with E-state index in [4.69, 9.17) is 4.74 Å². The van der Waals surface area contributed by atoms with E-state index >= 15 is 0 Å². The van der Waals surface area contributed by atoms with Crippen molar-refractivity contribution < 1.29 is 53.4 Å². The fourth-order valence-corrected chi connectivity index (χ4v) is 5.63. The third kappa shape index (κ3) is 12.0. The molecule has 59 heavy (non-hydrogen) atoms. The third-order valence-electron chi connectivity index (χ3n) is 8.52. The molecule has 1 aliphatic rings. The molecule has 8 nitrogen and oxygen atoms in total.